The quantitative estimate of drug-likeness (QED) is 0.611. The Kier molecular flexibility index (Phi) is 1.91. The second-order valence-electron chi connectivity index (χ2n) is 3.37. The third-order valence-electron chi connectivity index (χ3n) is 2.69. The van der Waals surface area contributed by atoms with Gasteiger partial charge in [-0.05, 0) is 25.7 Å². The molecule has 0 N–H and O–H groups in total. The van der Waals surface area contributed by atoms with Gasteiger partial charge >= 0.3 is 0 Å². The zero-order valence-corrected chi connectivity index (χ0v) is 8.01. The van der Waals surface area contributed by atoms with Crippen LogP contribution in [0.4, 0.5) is 0 Å². The SMILES string of the molecule is O=C1[C@@H](Br)CCN1C1CCC1. The predicted molar refractivity (Wildman–Crippen MR) is 46.7 cm³/mol. The van der Waals surface area contributed by atoms with Crippen LogP contribution in [0.3, 0.4) is 0 Å². The maximum absolute atomic E-state index is 11.4. The van der Waals surface area contributed by atoms with Crippen molar-refractivity contribution in [3.05, 3.63) is 0 Å². The summed E-state index contributed by atoms with van der Waals surface area (Å²) in [6.45, 7) is 0.972. The van der Waals surface area contributed by atoms with Crippen molar-refractivity contribution in [1.82, 2.24) is 4.90 Å². The summed E-state index contributed by atoms with van der Waals surface area (Å²) in [6.07, 6.45) is 4.76. The van der Waals surface area contributed by atoms with E-state index in [4.69, 9.17) is 0 Å². The third-order valence-corrected chi connectivity index (χ3v) is 3.54. The zero-order chi connectivity index (χ0) is 7.84. The molecule has 2 fully saturated rings. The van der Waals surface area contributed by atoms with Gasteiger partial charge in [-0.3, -0.25) is 4.79 Å². The second-order valence-corrected chi connectivity index (χ2v) is 4.48. The normalized spacial score (nSPS) is 32.6. The number of halogens is 1. The van der Waals surface area contributed by atoms with Crippen LogP contribution in [0, 0.1) is 0 Å². The van der Waals surface area contributed by atoms with Gasteiger partial charge in [0.05, 0.1) is 4.83 Å². The average Bonchev–Trinajstić information content (AvgIpc) is 2.15. The first-order chi connectivity index (χ1) is 5.29. The van der Waals surface area contributed by atoms with Crippen molar-refractivity contribution in [2.24, 2.45) is 0 Å². The molecule has 1 saturated carbocycles. The standard InChI is InChI=1S/C8H12BrNO/c9-7-4-5-10(8(7)11)6-2-1-3-6/h6-7H,1-5H2/t7-/m0/s1. The topological polar surface area (TPSA) is 20.3 Å². The minimum absolute atomic E-state index is 0.114. The fraction of sp³-hybridized carbons (Fsp3) is 0.875. The maximum Gasteiger partial charge on any atom is 0.236 e. The number of carbonyl (C=O) groups excluding carboxylic acids is 1. The van der Waals surface area contributed by atoms with Crippen LogP contribution in [0.1, 0.15) is 25.7 Å². The summed E-state index contributed by atoms with van der Waals surface area (Å²) in [5.41, 5.74) is 0. The van der Waals surface area contributed by atoms with Crippen LogP contribution in [-0.4, -0.2) is 28.2 Å². The highest BCUT2D eigenvalue weighted by atomic mass is 79.9. The van der Waals surface area contributed by atoms with E-state index in [1.807, 2.05) is 4.90 Å². The lowest BCUT2D eigenvalue weighted by molar-refractivity contribution is -0.130. The van der Waals surface area contributed by atoms with Gasteiger partial charge in [0.15, 0.2) is 0 Å². The predicted octanol–water partition coefficient (Wildman–Crippen LogP) is 1.53. The third kappa shape index (κ3) is 1.19. The molecule has 11 heavy (non-hydrogen) atoms. The van der Waals surface area contributed by atoms with Crippen molar-refractivity contribution in [2.45, 2.75) is 36.6 Å². The maximum atomic E-state index is 11.4. The molecule has 0 spiro atoms. The number of likely N-dealkylation sites (tertiary alicyclic amines) is 1. The van der Waals surface area contributed by atoms with Crippen molar-refractivity contribution in [1.29, 1.82) is 0 Å². The van der Waals surface area contributed by atoms with Crippen LogP contribution in [0.15, 0.2) is 0 Å². The molecule has 3 heteroatoms. The molecule has 1 saturated heterocycles. The van der Waals surface area contributed by atoms with Gasteiger partial charge in [-0.2, -0.15) is 0 Å². The van der Waals surface area contributed by atoms with Gasteiger partial charge in [0.2, 0.25) is 5.91 Å². The van der Waals surface area contributed by atoms with E-state index in [9.17, 15) is 4.79 Å². The lowest BCUT2D eigenvalue weighted by Gasteiger charge is -2.34. The smallest absolute Gasteiger partial charge is 0.236 e. The Morgan fingerprint density at radius 3 is 2.45 bits per heavy atom. The lowest BCUT2D eigenvalue weighted by atomic mass is 9.92. The highest BCUT2D eigenvalue weighted by molar-refractivity contribution is 9.10. The number of rotatable bonds is 1. The summed E-state index contributed by atoms with van der Waals surface area (Å²) in [5, 5.41) is 0. The summed E-state index contributed by atoms with van der Waals surface area (Å²) in [5.74, 6) is 0.315. The molecule has 1 amide bonds. The average molecular weight is 218 g/mol. The highest BCUT2D eigenvalue weighted by Gasteiger charge is 2.36. The van der Waals surface area contributed by atoms with Gasteiger partial charge < -0.3 is 4.90 Å². The summed E-state index contributed by atoms with van der Waals surface area (Å²) >= 11 is 3.37. The molecule has 2 rings (SSSR count). The molecular weight excluding hydrogens is 206 g/mol. The molecular formula is C8H12BrNO. The Hall–Kier alpha value is -0.0500. The fourth-order valence-electron chi connectivity index (χ4n) is 1.73. The molecule has 0 radical (unpaired) electrons. The van der Waals surface area contributed by atoms with Crippen molar-refractivity contribution in [3.8, 4) is 0 Å². The monoisotopic (exact) mass is 217 g/mol. The van der Waals surface area contributed by atoms with Crippen LogP contribution in [0.5, 0.6) is 0 Å². The molecule has 1 aliphatic carbocycles. The number of alkyl halides is 1. The number of hydrogen-bond donors (Lipinski definition) is 0. The van der Waals surface area contributed by atoms with E-state index in [1.165, 1.54) is 19.3 Å². The Morgan fingerprint density at radius 2 is 2.09 bits per heavy atom. The molecule has 0 unspecified atom stereocenters. The summed E-state index contributed by atoms with van der Waals surface area (Å²) in [6, 6.07) is 0.588. The molecule has 62 valence electrons. The van der Waals surface area contributed by atoms with Gasteiger partial charge in [-0.15, -0.1) is 0 Å². The highest BCUT2D eigenvalue weighted by Crippen LogP contribution is 2.30. The van der Waals surface area contributed by atoms with Crippen molar-refractivity contribution < 1.29 is 4.79 Å². The first-order valence-electron chi connectivity index (χ1n) is 4.23. The van der Waals surface area contributed by atoms with E-state index >= 15 is 0 Å². The van der Waals surface area contributed by atoms with E-state index in [2.05, 4.69) is 15.9 Å². The molecule has 0 aromatic heterocycles. The lowest BCUT2D eigenvalue weighted by Crippen LogP contribution is -2.41. The molecule has 0 aromatic rings. The van der Waals surface area contributed by atoms with Crippen LogP contribution in [0.25, 0.3) is 0 Å². The molecule has 0 bridgehead atoms. The van der Waals surface area contributed by atoms with Crippen LogP contribution >= 0.6 is 15.9 Å². The van der Waals surface area contributed by atoms with Gasteiger partial charge in [0.25, 0.3) is 0 Å². The minimum atomic E-state index is 0.114. The first-order valence-corrected chi connectivity index (χ1v) is 5.15. The Bertz CT molecular complexity index is 179. The minimum Gasteiger partial charge on any atom is -0.339 e. The molecule has 0 aromatic carbocycles. The van der Waals surface area contributed by atoms with Crippen molar-refractivity contribution >= 4 is 21.8 Å². The number of hydrogen-bond acceptors (Lipinski definition) is 1. The Labute approximate surface area is 75.1 Å². The van der Waals surface area contributed by atoms with Crippen LogP contribution < -0.4 is 0 Å². The van der Waals surface area contributed by atoms with E-state index in [-0.39, 0.29) is 4.83 Å². The molecule has 1 atom stereocenters. The molecule has 1 aliphatic heterocycles. The number of carbonyl (C=O) groups is 1. The number of nitrogens with zero attached hydrogens (tertiary/aromatic N) is 1. The van der Waals surface area contributed by atoms with E-state index in [0.29, 0.717) is 11.9 Å². The van der Waals surface area contributed by atoms with E-state index < -0.39 is 0 Å². The van der Waals surface area contributed by atoms with E-state index in [0.717, 1.165) is 13.0 Å². The Balaban J connectivity index is 1.98. The Morgan fingerprint density at radius 1 is 1.36 bits per heavy atom. The number of amides is 1. The van der Waals surface area contributed by atoms with Gasteiger partial charge in [0, 0.05) is 12.6 Å². The first kappa shape index (κ1) is 7.59. The summed E-state index contributed by atoms with van der Waals surface area (Å²) in [4.78, 5) is 13.6. The van der Waals surface area contributed by atoms with Crippen LogP contribution in [0.2, 0.25) is 0 Å². The molecule has 1 heterocycles. The summed E-state index contributed by atoms with van der Waals surface area (Å²) < 4.78 is 0. The molecule has 2 nitrogen and oxygen atoms in total. The summed E-state index contributed by atoms with van der Waals surface area (Å²) in [7, 11) is 0. The zero-order valence-electron chi connectivity index (χ0n) is 6.42. The fourth-order valence-corrected chi connectivity index (χ4v) is 2.19. The van der Waals surface area contributed by atoms with Gasteiger partial charge in [-0.1, -0.05) is 15.9 Å². The van der Waals surface area contributed by atoms with Crippen LogP contribution in [-0.2, 0) is 4.79 Å². The van der Waals surface area contributed by atoms with E-state index in [1.54, 1.807) is 0 Å². The molecule has 2 aliphatic rings. The van der Waals surface area contributed by atoms with Gasteiger partial charge in [0.1, 0.15) is 0 Å². The van der Waals surface area contributed by atoms with Crippen molar-refractivity contribution in [2.75, 3.05) is 6.54 Å². The van der Waals surface area contributed by atoms with Gasteiger partial charge in [-0.25, -0.2) is 0 Å². The largest absolute Gasteiger partial charge is 0.339 e. The van der Waals surface area contributed by atoms with Crippen molar-refractivity contribution in [3.63, 3.8) is 0 Å². The second kappa shape index (κ2) is 2.77.